The summed E-state index contributed by atoms with van der Waals surface area (Å²) in [4.78, 5) is 27.2. The van der Waals surface area contributed by atoms with E-state index in [4.69, 9.17) is 9.26 Å². The SMILES string of the molecule is Cc1cnc(C(=O)N2CCCC(OCCc3noc(-c4ccccc4)n3)C2)cn1. The van der Waals surface area contributed by atoms with Crippen LogP contribution in [0.25, 0.3) is 11.5 Å². The van der Waals surface area contributed by atoms with Gasteiger partial charge in [-0.25, -0.2) is 4.98 Å². The highest BCUT2D eigenvalue weighted by atomic mass is 16.5. The number of likely N-dealkylation sites (tertiary alicyclic amines) is 1. The monoisotopic (exact) mass is 393 g/mol. The minimum absolute atomic E-state index is 0.00778. The number of rotatable bonds is 6. The molecule has 0 bridgehead atoms. The Labute approximate surface area is 168 Å². The third-order valence-corrected chi connectivity index (χ3v) is 4.83. The van der Waals surface area contributed by atoms with Crippen molar-refractivity contribution < 1.29 is 14.1 Å². The van der Waals surface area contributed by atoms with Gasteiger partial charge >= 0.3 is 0 Å². The first-order valence-electron chi connectivity index (χ1n) is 9.76. The van der Waals surface area contributed by atoms with Crippen molar-refractivity contribution in [1.29, 1.82) is 0 Å². The van der Waals surface area contributed by atoms with Gasteiger partial charge in [-0.15, -0.1) is 0 Å². The van der Waals surface area contributed by atoms with Gasteiger partial charge in [0.05, 0.1) is 24.6 Å². The topological polar surface area (TPSA) is 94.2 Å². The molecule has 1 aromatic carbocycles. The maximum absolute atomic E-state index is 12.6. The molecule has 4 rings (SSSR count). The van der Waals surface area contributed by atoms with Crippen molar-refractivity contribution in [2.75, 3.05) is 19.7 Å². The highest BCUT2D eigenvalue weighted by Crippen LogP contribution is 2.18. The third kappa shape index (κ3) is 4.83. The summed E-state index contributed by atoms with van der Waals surface area (Å²) >= 11 is 0. The Hall–Kier alpha value is -3.13. The highest BCUT2D eigenvalue weighted by Gasteiger charge is 2.26. The normalized spacial score (nSPS) is 16.7. The van der Waals surface area contributed by atoms with Crippen LogP contribution in [0.4, 0.5) is 0 Å². The number of aryl methyl sites for hydroxylation is 1. The number of hydrogen-bond acceptors (Lipinski definition) is 7. The number of hydrogen-bond donors (Lipinski definition) is 0. The molecule has 29 heavy (non-hydrogen) atoms. The summed E-state index contributed by atoms with van der Waals surface area (Å²) in [6.07, 6.45) is 5.51. The first-order valence-corrected chi connectivity index (χ1v) is 9.76. The van der Waals surface area contributed by atoms with Crippen LogP contribution < -0.4 is 0 Å². The first kappa shape index (κ1) is 19.2. The minimum Gasteiger partial charge on any atom is -0.376 e. The fourth-order valence-electron chi connectivity index (χ4n) is 3.29. The number of benzene rings is 1. The van der Waals surface area contributed by atoms with Crippen molar-refractivity contribution in [1.82, 2.24) is 25.0 Å². The number of carbonyl (C=O) groups excluding carboxylic acids is 1. The minimum atomic E-state index is -0.100. The van der Waals surface area contributed by atoms with Crippen LogP contribution in [0.3, 0.4) is 0 Å². The van der Waals surface area contributed by atoms with E-state index in [1.807, 2.05) is 37.3 Å². The lowest BCUT2D eigenvalue weighted by Gasteiger charge is -2.32. The second kappa shape index (κ2) is 8.91. The Bertz CT molecular complexity index is 942. The molecule has 2 aromatic heterocycles. The molecule has 8 nitrogen and oxygen atoms in total. The summed E-state index contributed by atoms with van der Waals surface area (Å²) in [5.41, 5.74) is 2.06. The maximum atomic E-state index is 12.6. The number of ether oxygens (including phenoxy) is 1. The van der Waals surface area contributed by atoms with E-state index in [1.165, 1.54) is 6.20 Å². The second-order valence-electron chi connectivity index (χ2n) is 7.06. The summed E-state index contributed by atoms with van der Waals surface area (Å²) < 4.78 is 11.3. The summed E-state index contributed by atoms with van der Waals surface area (Å²) in [5.74, 6) is 1.02. The molecular formula is C21H23N5O3. The Morgan fingerprint density at radius 3 is 2.90 bits per heavy atom. The summed E-state index contributed by atoms with van der Waals surface area (Å²) in [5, 5.41) is 4.02. The van der Waals surface area contributed by atoms with E-state index in [-0.39, 0.29) is 12.0 Å². The molecule has 150 valence electrons. The van der Waals surface area contributed by atoms with Crippen LogP contribution in [0.5, 0.6) is 0 Å². The van der Waals surface area contributed by atoms with Crippen molar-refractivity contribution in [2.24, 2.45) is 0 Å². The van der Waals surface area contributed by atoms with E-state index in [0.29, 0.717) is 43.5 Å². The maximum Gasteiger partial charge on any atom is 0.274 e. The van der Waals surface area contributed by atoms with Gasteiger partial charge in [0.15, 0.2) is 5.82 Å². The summed E-state index contributed by atoms with van der Waals surface area (Å²) in [6.45, 7) is 3.58. The van der Waals surface area contributed by atoms with Crippen LogP contribution in [-0.4, -0.2) is 56.7 Å². The largest absolute Gasteiger partial charge is 0.376 e. The van der Waals surface area contributed by atoms with Crippen LogP contribution in [0.2, 0.25) is 0 Å². The number of piperidine rings is 1. The second-order valence-corrected chi connectivity index (χ2v) is 7.06. The molecule has 3 heterocycles. The van der Waals surface area contributed by atoms with Crippen LogP contribution in [-0.2, 0) is 11.2 Å². The van der Waals surface area contributed by atoms with Crippen molar-refractivity contribution in [3.05, 3.63) is 59.9 Å². The van der Waals surface area contributed by atoms with E-state index >= 15 is 0 Å². The van der Waals surface area contributed by atoms with Crippen molar-refractivity contribution in [2.45, 2.75) is 32.3 Å². The van der Waals surface area contributed by atoms with E-state index in [0.717, 1.165) is 24.1 Å². The molecule has 1 saturated heterocycles. The van der Waals surface area contributed by atoms with Crippen LogP contribution in [0.15, 0.2) is 47.2 Å². The average molecular weight is 393 g/mol. The van der Waals surface area contributed by atoms with Crippen molar-refractivity contribution in [3.8, 4) is 11.5 Å². The molecule has 1 amide bonds. The lowest BCUT2D eigenvalue weighted by atomic mass is 10.1. The molecular weight excluding hydrogens is 370 g/mol. The third-order valence-electron chi connectivity index (χ3n) is 4.83. The van der Waals surface area contributed by atoms with Gasteiger partial charge in [-0.3, -0.25) is 9.78 Å². The molecule has 0 saturated carbocycles. The Balaban J connectivity index is 1.27. The van der Waals surface area contributed by atoms with Gasteiger partial charge in [0, 0.05) is 31.3 Å². The van der Waals surface area contributed by atoms with Crippen LogP contribution in [0.1, 0.15) is 34.8 Å². The fraction of sp³-hybridized carbons (Fsp3) is 0.381. The standard InChI is InChI=1S/C21H23N5O3/c1-15-12-23-18(13-22-15)21(27)26-10-5-8-17(14-26)28-11-9-19-24-20(29-25-19)16-6-3-2-4-7-16/h2-4,6-7,12-13,17H,5,8-11,14H2,1H3. The summed E-state index contributed by atoms with van der Waals surface area (Å²) in [7, 11) is 0. The predicted octanol–water partition coefficient (Wildman–Crippen LogP) is 2.70. The van der Waals surface area contributed by atoms with Gasteiger partial charge in [-0.05, 0) is 31.9 Å². The molecule has 0 radical (unpaired) electrons. The molecule has 1 aliphatic heterocycles. The first-order chi connectivity index (χ1) is 14.2. The van der Waals surface area contributed by atoms with Gasteiger partial charge in [0.1, 0.15) is 5.69 Å². The zero-order chi connectivity index (χ0) is 20.1. The van der Waals surface area contributed by atoms with Gasteiger partial charge in [-0.2, -0.15) is 4.98 Å². The van der Waals surface area contributed by atoms with E-state index in [2.05, 4.69) is 20.1 Å². The lowest BCUT2D eigenvalue weighted by Crippen LogP contribution is -2.43. The van der Waals surface area contributed by atoms with E-state index < -0.39 is 0 Å². The average Bonchev–Trinajstić information content (AvgIpc) is 3.24. The predicted molar refractivity (Wildman–Crippen MR) is 105 cm³/mol. The Kier molecular flexibility index (Phi) is 5.90. The van der Waals surface area contributed by atoms with Gasteiger partial charge < -0.3 is 14.2 Å². The molecule has 0 spiro atoms. The molecule has 0 aliphatic carbocycles. The molecule has 1 atom stereocenters. The Morgan fingerprint density at radius 1 is 1.24 bits per heavy atom. The molecule has 0 N–H and O–H groups in total. The van der Waals surface area contributed by atoms with Crippen LogP contribution >= 0.6 is 0 Å². The van der Waals surface area contributed by atoms with Gasteiger partial charge in [-0.1, -0.05) is 23.4 Å². The number of carbonyl (C=O) groups is 1. The van der Waals surface area contributed by atoms with Gasteiger partial charge in [0.25, 0.3) is 11.8 Å². The Morgan fingerprint density at radius 2 is 2.10 bits per heavy atom. The van der Waals surface area contributed by atoms with E-state index in [9.17, 15) is 4.79 Å². The highest BCUT2D eigenvalue weighted by molar-refractivity contribution is 5.92. The van der Waals surface area contributed by atoms with Crippen molar-refractivity contribution >= 4 is 5.91 Å². The van der Waals surface area contributed by atoms with E-state index in [1.54, 1.807) is 11.1 Å². The molecule has 1 aliphatic rings. The number of amides is 1. The smallest absolute Gasteiger partial charge is 0.274 e. The fourth-order valence-corrected chi connectivity index (χ4v) is 3.29. The molecule has 8 heteroatoms. The zero-order valence-electron chi connectivity index (χ0n) is 16.3. The van der Waals surface area contributed by atoms with Crippen molar-refractivity contribution in [3.63, 3.8) is 0 Å². The quantitative estimate of drug-likeness (QED) is 0.635. The molecule has 1 unspecified atom stereocenters. The van der Waals surface area contributed by atoms with Gasteiger partial charge in [0.2, 0.25) is 0 Å². The van der Waals surface area contributed by atoms with Crippen LogP contribution in [0, 0.1) is 6.92 Å². The number of nitrogens with zero attached hydrogens (tertiary/aromatic N) is 5. The summed E-state index contributed by atoms with van der Waals surface area (Å²) in [6, 6.07) is 9.67. The molecule has 3 aromatic rings. The lowest BCUT2D eigenvalue weighted by molar-refractivity contribution is 0.00230. The zero-order valence-corrected chi connectivity index (χ0v) is 16.3. The molecule has 1 fully saturated rings. The number of aromatic nitrogens is 4.